The smallest absolute Gasteiger partial charge is 0.245 e. The highest BCUT2D eigenvalue weighted by Crippen LogP contribution is 2.29. The Morgan fingerprint density at radius 2 is 2.22 bits per heavy atom. The molecule has 1 aromatic heterocycles. The van der Waals surface area contributed by atoms with E-state index >= 15 is 0 Å². The number of nitrogens with two attached hydrogens (primary N) is 1. The molecule has 3 nitrogen and oxygen atoms in total. The molecule has 2 N–H and O–H groups in total. The van der Waals surface area contributed by atoms with E-state index in [-0.39, 0.29) is 5.91 Å². The summed E-state index contributed by atoms with van der Waals surface area (Å²) in [5, 5.41) is 1.97. The van der Waals surface area contributed by atoms with Crippen LogP contribution in [0.25, 0.3) is 0 Å². The van der Waals surface area contributed by atoms with Crippen LogP contribution in [0.3, 0.4) is 0 Å². The molecule has 1 aromatic rings. The monoisotopic (exact) mass is 266 g/mol. The highest BCUT2D eigenvalue weighted by atomic mass is 32.1. The first kappa shape index (κ1) is 13.6. The lowest BCUT2D eigenvalue weighted by Gasteiger charge is -2.42. The molecule has 2 heterocycles. The number of hydrogen-bond acceptors (Lipinski definition) is 3. The summed E-state index contributed by atoms with van der Waals surface area (Å²) >= 11 is 1.55. The number of carbonyl (C=O) groups excluding carboxylic acids is 1. The molecular formula is C14H22N2OS. The van der Waals surface area contributed by atoms with Gasteiger partial charge in [0.2, 0.25) is 5.91 Å². The first-order valence-corrected chi connectivity index (χ1v) is 7.48. The van der Waals surface area contributed by atoms with Crippen LogP contribution in [0.1, 0.15) is 38.1 Å². The third-order valence-electron chi connectivity index (χ3n) is 4.00. The van der Waals surface area contributed by atoms with E-state index in [4.69, 9.17) is 5.73 Å². The Morgan fingerprint density at radius 1 is 1.50 bits per heavy atom. The van der Waals surface area contributed by atoms with Gasteiger partial charge in [-0.25, -0.2) is 0 Å². The third kappa shape index (κ3) is 2.59. The van der Waals surface area contributed by atoms with Crippen LogP contribution >= 0.6 is 11.3 Å². The average Bonchev–Trinajstić information content (AvgIpc) is 2.85. The van der Waals surface area contributed by atoms with Crippen LogP contribution in [0.5, 0.6) is 0 Å². The van der Waals surface area contributed by atoms with Crippen molar-refractivity contribution in [2.45, 2.75) is 39.3 Å². The Bertz CT molecular complexity index is 404. The van der Waals surface area contributed by atoms with E-state index in [1.165, 1.54) is 6.42 Å². The zero-order chi connectivity index (χ0) is 13.3. The molecule has 2 rings (SSSR count). The molecule has 0 bridgehead atoms. The van der Waals surface area contributed by atoms with Crippen LogP contribution in [0, 0.1) is 11.8 Å². The van der Waals surface area contributed by atoms with Crippen LogP contribution in [0.15, 0.2) is 17.5 Å². The molecule has 0 saturated carbocycles. The molecule has 1 aliphatic rings. The van der Waals surface area contributed by atoms with Crippen molar-refractivity contribution >= 4 is 17.2 Å². The molecule has 0 aromatic carbocycles. The van der Waals surface area contributed by atoms with E-state index in [0.29, 0.717) is 17.9 Å². The van der Waals surface area contributed by atoms with E-state index in [1.807, 2.05) is 22.4 Å². The number of likely N-dealkylation sites (tertiary alicyclic amines) is 1. The molecule has 1 fully saturated rings. The maximum Gasteiger partial charge on any atom is 0.245 e. The number of thiophene rings is 1. The van der Waals surface area contributed by atoms with Gasteiger partial charge in [0, 0.05) is 17.5 Å². The molecule has 1 amide bonds. The minimum absolute atomic E-state index is 0.0725. The summed E-state index contributed by atoms with van der Waals surface area (Å²) in [4.78, 5) is 15.4. The van der Waals surface area contributed by atoms with Crippen molar-refractivity contribution in [3.05, 3.63) is 22.4 Å². The lowest BCUT2D eigenvalue weighted by molar-refractivity contribution is -0.138. The highest BCUT2D eigenvalue weighted by molar-refractivity contribution is 7.10. The first-order valence-electron chi connectivity index (χ1n) is 6.60. The highest BCUT2D eigenvalue weighted by Gasteiger charge is 2.34. The molecule has 0 radical (unpaired) electrons. The Labute approximate surface area is 113 Å². The second-order valence-electron chi connectivity index (χ2n) is 5.54. The number of hydrogen-bond donors (Lipinski definition) is 1. The van der Waals surface area contributed by atoms with Crippen LogP contribution in [-0.4, -0.2) is 23.4 Å². The zero-order valence-corrected chi connectivity index (χ0v) is 12.1. The van der Waals surface area contributed by atoms with E-state index in [9.17, 15) is 4.79 Å². The number of nitrogens with zero attached hydrogens (tertiary/aromatic N) is 1. The minimum atomic E-state index is -0.495. The van der Waals surface area contributed by atoms with Gasteiger partial charge in [0.25, 0.3) is 0 Å². The minimum Gasteiger partial charge on any atom is -0.338 e. The van der Waals surface area contributed by atoms with Crippen molar-refractivity contribution in [2.75, 3.05) is 6.54 Å². The summed E-state index contributed by atoms with van der Waals surface area (Å²) in [6, 6.07) is 3.68. The third-order valence-corrected chi connectivity index (χ3v) is 4.95. The van der Waals surface area contributed by atoms with Crippen molar-refractivity contribution in [3.63, 3.8) is 0 Å². The number of rotatable bonds is 2. The molecule has 18 heavy (non-hydrogen) atoms. The molecule has 0 aliphatic carbocycles. The summed E-state index contributed by atoms with van der Waals surface area (Å²) in [5.41, 5.74) is 6.09. The fraction of sp³-hybridized carbons (Fsp3) is 0.643. The fourth-order valence-corrected chi connectivity index (χ4v) is 3.49. The maximum absolute atomic E-state index is 12.5. The van der Waals surface area contributed by atoms with Gasteiger partial charge in [-0.3, -0.25) is 4.79 Å². The summed E-state index contributed by atoms with van der Waals surface area (Å²) in [5.74, 6) is 1.19. The van der Waals surface area contributed by atoms with Gasteiger partial charge in [0.1, 0.15) is 6.04 Å². The standard InChI is InChI=1S/C14H22N2OS/c1-9-7-10(2)11(3)16(8-9)14(17)13(15)12-5-4-6-18-12/h4-6,9-11,13H,7-8,15H2,1-3H3. The van der Waals surface area contributed by atoms with Gasteiger partial charge in [-0.2, -0.15) is 0 Å². The SMILES string of the molecule is CC1CC(C)C(C)N(C(=O)C(N)c2cccs2)C1. The van der Waals surface area contributed by atoms with Gasteiger partial charge in [-0.05, 0) is 36.6 Å². The van der Waals surface area contributed by atoms with Gasteiger partial charge < -0.3 is 10.6 Å². The van der Waals surface area contributed by atoms with Crippen LogP contribution in [0.2, 0.25) is 0 Å². The quantitative estimate of drug-likeness (QED) is 0.894. The normalized spacial score (nSPS) is 30.2. The van der Waals surface area contributed by atoms with E-state index in [2.05, 4.69) is 20.8 Å². The Balaban J connectivity index is 2.12. The Morgan fingerprint density at radius 3 is 2.83 bits per heavy atom. The molecule has 4 heteroatoms. The largest absolute Gasteiger partial charge is 0.338 e. The van der Waals surface area contributed by atoms with Crippen molar-refractivity contribution in [3.8, 4) is 0 Å². The predicted molar refractivity (Wildman–Crippen MR) is 75.4 cm³/mol. The molecule has 100 valence electrons. The predicted octanol–water partition coefficient (Wildman–Crippen LogP) is 2.64. The molecule has 4 atom stereocenters. The lowest BCUT2D eigenvalue weighted by Crippen LogP contribution is -2.51. The molecule has 4 unspecified atom stereocenters. The van der Waals surface area contributed by atoms with Crippen LogP contribution < -0.4 is 5.73 Å². The van der Waals surface area contributed by atoms with Gasteiger partial charge in [0.15, 0.2) is 0 Å². The van der Waals surface area contributed by atoms with E-state index < -0.39 is 6.04 Å². The summed E-state index contributed by atoms with van der Waals surface area (Å²) in [6.45, 7) is 7.40. The molecule has 1 saturated heterocycles. The fourth-order valence-electron chi connectivity index (χ4n) is 2.77. The molecule has 0 spiro atoms. The van der Waals surface area contributed by atoms with Gasteiger partial charge in [-0.1, -0.05) is 19.9 Å². The summed E-state index contributed by atoms with van der Waals surface area (Å²) < 4.78 is 0. The van der Waals surface area contributed by atoms with E-state index in [1.54, 1.807) is 11.3 Å². The lowest BCUT2D eigenvalue weighted by atomic mass is 9.85. The summed E-state index contributed by atoms with van der Waals surface area (Å²) in [6.07, 6.45) is 1.19. The van der Waals surface area contributed by atoms with Crippen molar-refractivity contribution in [1.82, 2.24) is 4.90 Å². The number of carbonyl (C=O) groups is 1. The van der Waals surface area contributed by atoms with Gasteiger partial charge in [-0.15, -0.1) is 11.3 Å². The second kappa shape index (κ2) is 5.41. The van der Waals surface area contributed by atoms with Gasteiger partial charge in [0.05, 0.1) is 0 Å². The maximum atomic E-state index is 12.5. The zero-order valence-electron chi connectivity index (χ0n) is 11.3. The van der Waals surface area contributed by atoms with Crippen LogP contribution in [0.4, 0.5) is 0 Å². The average molecular weight is 266 g/mol. The van der Waals surface area contributed by atoms with Crippen molar-refractivity contribution < 1.29 is 4.79 Å². The Kier molecular flexibility index (Phi) is 4.07. The molecule has 1 aliphatic heterocycles. The van der Waals surface area contributed by atoms with Crippen LogP contribution in [-0.2, 0) is 4.79 Å². The molecular weight excluding hydrogens is 244 g/mol. The van der Waals surface area contributed by atoms with Gasteiger partial charge >= 0.3 is 0 Å². The Hall–Kier alpha value is -0.870. The number of amides is 1. The van der Waals surface area contributed by atoms with E-state index in [0.717, 1.165) is 11.4 Å². The topological polar surface area (TPSA) is 46.3 Å². The summed E-state index contributed by atoms with van der Waals surface area (Å²) in [7, 11) is 0. The van der Waals surface area contributed by atoms with Crippen molar-refractivity contribution in [2.24, 2.45) is 17.6 Å². The second-order valence-corrected chi connectivity index (χ2v) is 6.52. The number of piperidine rings is 1. The van der Waals surface area contributed by atoms with Crippen molar-refractivity contribution in [1.29, 1.82) is 0 Å². The first-order chi connectivity index (χ1) is 8.50.